The lowest BCUT2D eigenvalue weighted by Gasteiger charge is -2.01. The average molecular weight is 254 g/mol. The first-order valence-corrected chi connectivity index (χ1v) is 5.68. The molecule has 1 N–H and O–H groups in total. The Bertz CT molecular complexity index is 536. The summed E-state index contributed by atoms with van der Waals surface area (Å²) in [4.78, 5) is 10.7. The van der Waals surface area contributed by atoms with Crippen LogP contribution in [0.5, 0.6) is 0 Å². The summed E-state index contributed by atoms with van der Waals surface area (Å²) in [5, 5.41) is 21.3. The molecule has 90 valence electrons. The van der Waals surface area contributed by atoms with Crippen molar-refractivity contribution in [2.24, 2.45) is 0 Å². The van der Waals surface area contributed by atoms with E-state index in [-0.39, 0.29) is 11.0 Å². The van der Waals surface area contributed by atoms with E-state index in [9.17, 15) is 10.1 Å². The Morgan fingerprint density at radius 2 is 2.29 bits per heavy atom. The molecule has 7 nitrogen and oxygen atoms in total. The largest absolute Gasteiger partial charge is 0.418 e. The van der Waals surface area contributed by atoms with Crippen LogP contribution in [0.25, 0.3) is 10.8 Å². The molecule has 0 bridgehead atoms. The SMILES string of the molecule is CNC(C)c1nnc(-c2ccc([N+](=O)[O-])s2)o1. The van der Waals surface area contributed by atoms with Crippen LogP contribution in [-0.4, -0.2) is 22.2 Å². The van der Waals surface area contributed by atoms with E-state index in [1.165, 1.54) is 6.07 Å². The fraction of sp³-hybridized carbons (Fsp3) is 0.333. The number of nitrogens with one attached hydrogen (secondary N) is 1. The predicted molar refractivity (Wildman–Crippen MR) is 61.7 cm³/mol. The van der Waals surface area contributed by atoms with Gasteiger partial charge in [-0.15, -0.1) is 10.2 Å². The van der Waals surface area contributed by atoms with E-state index in [0.29, 0.717) is 16.7 Å². The van der Waals surface area contributed by atoms with Crippen molar-refractivity contribution >= 4 is 16.3 Å². The molecular formula is C9H10N4O3S. The number of thiophene rings is 1. The van der Waals surface area contributed by atoms with Gasteiger partial charge in [0.2, 0.25) is 5.89 Å². The van der Waals surface area contributed by atoms with Gasteiger partial charge in [-0.25, -0.2) is 0 Å². The van der Waals surface area contributed by atoms with E-state index in [2.05, 4.69) is 15.5 Å². The van der Waals surface area contributed by atoms with Gasteiger partial charge in [0.05, 0.1) is 15.8 Å². The molecule has 0 radical (unpaired) electrons. The van der Waals surface area contributed by atoms with Crippen LogP contribution in [0.4, 0.5) is 5.00 Å². The summed E-state index contributed by atoms with van der Waals surface area (Å²) in [6.07, 6.45) is 0. The molecule has 0 aliphatic carbocycles. The Labute approximate surface area is 101 Å². The maximum Gasteiger partial charge on any atom is 0.324 e. The highest BCUT2D eigenvalue weighted by atomic mass is 32.1. The minimum absolute atomic E-state index is 0.0498. The number of rotatable bonds is 4. The van der Waals surface area contributed by atoms with Crippen molar-refractivity contribution in [1.29, 1.82) is 0 Å². The topological polar surface area (TPSA) is 94.1 Å². The zero-order valence-corrected chi connectivity index (χ0v) is 10.0. The molecule has 2 heterocycles. The Morgan fingerprint density at radius 3 is 2.88 bits per heavy atom. The maximum atomic E-state index is 10.5. The van der Waals surface area contributed by atoms with E-state index in [1.807, 2.05) is 6.92 Å². The van der Waals surface area contributed by atoms with Gasteiger partial charge in [-0.05, 0) is 20.0 Å². The van der Waals surface area contributed by atoms with Crippen LogP contribution in [0.2, 0.25) is 0 Å². The van der Waals surface area contributed by atoms with Gasteiger partial charge in [0.15, 0.2) is 0 Å². The molecule has 0 fully saturated rings. The molecule has 0 spiro atoms. The summed E-state index contributed by atoms with van der Waals surface area (Å²) in [7, 11) is 1.78. The summed E-state index contributed by atoms with van der Waals surface area (Å²) in [6, 6.07) is 2.97. The van der Waals surface area contributed by atoms with Crippen LogP contribution in [0, 0.1) is 10.1 Å². The van der Waals surface area contributed by atoms with Gasteiger partial charge < -0.3 is 9.73 Å². The second kappa shape index (κ2) is 4.60. The number of nitro groups is 1. The number of hydrogen-bond acceptors (Lipinski definition) is 7. The molecule has 0 saturated carbocycles. The third-order valence-electron chi connectivity index (χ3n) is 2.23. The van der Waals surface area contributed by atoms with Gasteiger partial charge in [0.25, 0.3) is 5.89 Å². The minimum Gasteiger partial charge on any atom is -0.418 e. The van der Waals surface area contributed by atoms with Gasteiger partial charge in [0.1, 0.15) is 0 Å². The lowest BCUT2D eigenvalue weighted by molar-refractivity contribution is -0.380. The molecule has 0 aliphatic heterocycles. The third-order valence-corrected chi connectivity index (χ3v) is 3.25. The fourth-order valence-electron chi connectivity index (χ4n) is 1.17. The van der Waals surface area contributed by atoms with Crippen LogP contribution in [0.15, 0.2) is 16.5 Å². The Hall–Kier alpha value is -1.80. The molecule has 0 aromatic carbocycles. The second-order valence-electron chi connectivity index (χ2n) is 3.35. The van der Waals surface area contributed by atoms with Crippen molar-refractivity contribution in [2.75, 3.05) is 7.05 Å². The summed E-state index contributed by atoms with van der Waals surface area (Å²) < 4.78 is 5.42. The van der Waals surface area contributed by atoms with Crippen LogP contribution in [0.1, 0.15) is 18.9 Å². The van der Waals surface area contributed by atoms with Crippen molar-refractivity contribution in [2.45, 2.75) is 13.0 Å². The Kier molecular flexibility index (Phi) is 3.16. The van der Waals surface area contributed by atoms with E-state index < -0.39 is 4.92 Å². The highest BCUT2D eigenvalue weighted by Gasteiger charge is 2.17. The van der Waals surface area contributed by atoms with Gasteiger partial charge in [0, 0.05) is 6.07 Å². The molecule has 8 heteroatoms. The lowest BCUT2D eigenvalue weighted by Crippen LogP contribution is -2.12. The minimum atomic E-state index is -0.443. The summed E-state index contributed by atoms with van der Waals surface area (Å²) in [6.45, 7) is 1.88. The van der Waals surface area contributed by atoms with Crippen LogP contribution >= 0.6 is 11.3 Å². The number of hydrogen-bond donors (Lipinski definition) is 1. The number of nitrogens with zero attached hydrogens (tertiary/aromatic N) is 3. The van der Waals surface area contributed by atoms with E-state index >= 15 is 0 Å². The molecule has 2 rings (SSSR count). The van der Waals surface area contributed by atoms with Gasteiger partial charge >= 0.3 is 5.00 Å². The van der Waals surface area contributed by atoms with E-state index in [1.54, 1.807) is 13.1 Å². The smallest absolute Gasteiger partial charge is 0.324 e. The first kappa shape index (κ1) is 11.7. The van der Waals surface area contributed by atoms with Gasteiger partial charge in [-0.3, -0.25) is 10.1 Å². The van der Waals surface area contributed by atoms with Crippen molar-refractivity contribution in [1.82, 2.24) is 15.5 Å². The van der Waals surface area contributed by atoms with Gasteiger partial charge in [-0.1, -0.05) is 11.3 Å². The van der Waals surface area contributed by atoms with Gasteiger partial charge in [-0.2, -0.15) is 0 Å². The quantitative estimate of drug-likeness (QED) is 0.662. The first-order chi connectivity index (χ1) is 8.11. The molecule has 1 atom stereocenters. The van der Waals surface area contributed by atoms with Crippen molar-refractivity contribution in [3.63, 3.8) is 0 Å². The third kappa shape index (κ3) is 2.32. The zero-order chi connectivity index (χ0) is 12.4. The maximum absolute atomic E-state index is 10.5. The van der Waals surface area contributed by atoms with Crippen LogP contribution < -0.4 is 5.32 Å². The summed E-state index contributed by atoms with van der Waals surface area (Å²) in [5.74, 6) is 0.763. The van der Waals surface area contributed by atoms with Crippen LogP contribution in [0.3, 0.4) is 0 Å². The van der Waals surface area contributed by atoms with Crippen molar-refractivity contribution in [3.8, 4) is 10.8 Å². The van der Waals surface area contributed by atoms with Crippen molar-refractivity contribution < 1.29 is 9.34 Å². The summed E-state index contributed by atoms with van der Waals surface area (Å²) >= 11 is 1.01. The van der Waals surface area contributed by atoms with Crippen molar-refractivity contribution in [3.05, 3.63) is 28.1 Å². The molecule has 2 aromatic heterocycles. The predicted octanol–water partition coefficient (Wildman–Crippen LogP) is 1.99. The van der Waals surface area contributed by atoms with E-state index in [0.717, 1.165) is 11.3 Å². The molecule has 1 unspecified atom stereocenters. The highest BCUT2D eigenvalue weighted by Crippen LogP contribution is 2.32. The monoisotopic (exact) mass is 254 g/mol. The molecule has 2 aromatic rings. The molecule has 0 aliphatic rings. The lowest BCUT2D eigenvalue weighted by atomic mass is 10.3. The highest BCUT2D eigenvalue weighted by molar-refractivity contribution is 7.18. The van der Waals surface area contributed by atoms with E-state index in [4.69, 9.17) is 4.42 Å². The molecular weight excluding hydrogens is 244 g/mol. The molecule has 17 heavy (non-hydrogen) atoms. The zero-order valence-electron chi connectivity index (χ0n) is 9.21. The molecule has 0 amide bonds. The summed E-state index contributed by atoms with van der Waals surface area (Å²) in [5.41, 5.74) is 0. The normalized spacial score (nSPS) is 12.6. The first-order valence-electron chi connectivity index (χ1n) is 4.87. The molecule has 0 saturated heterocycles. The fourth-order valence-corrected chi connectivity index (χ4v) is 1.92. The Balaban J connectivity index is 2.27. The standard InChI is InChI=1S/C9H10N4O3S/c1-5(10-2)8-11-12-9(16-8)6-3-4-7(17-6)13(14)15/h3-5,10H,1-2H3. The number of aromatic nitrogens is 2. The second-order valence-corrected chi connectivity index (χ2v) is 4.41. The Morgan fingerprint density at radius 1 is 1.53 bits per heavy atom. The van der Waals surface area contributed by atoms with Crippen LogP contribution in [-0.2, 0) is 0 Å². The average Bonchev–Trinajstić information content (AvgIpc) is 2.95.